The van der Waals surface area contributed by atoms with Crippen molar-refractivity contribution in [3.8, 4) is 5.75 Å². The number of rotatable bonds is 11. The molecule has 2 aromatic rings. The maximum Gasteiger partial charge on any atom is 0.272 e. The van der Waals surface area contributed by atoms with Crippen molar-refractivity contribution in [2.24, 2.45) is 5.92 Å². The molecule has 0 bridgehead atoms. The van der Waals surface area contributed by atoms with Crippen molar-refractivity contribution in [1.82, 2.24) is 10.4 Å². The van der Waals surface area contributed by atoms with Gasteiger partial charge in [0.05, 0.1) is 12.5 Å². The standard InChI is InChI=1S/C26H35N3O5/c1-2-34-22-13-11-19(12-14-22)7-6-10-23(24(30)25(31)28-33)26(32)29-17-15-21(16-18-29)27-20-8-4-3-5-9-20/h3-5,8-9,11-14,21,23-24,27,30,33H,2,6-7,10,15-18H2,1H3,(H,28,31)/t23-,24+/m1/s1. The predicted molar refractivity (Wildman–Crippen MR) is 130 cm³/mol. The largest absolute Gasteiger partial charge is 0.494 e. The molecule has 4 N–H and O–H groups in total. The minimum absolute atomic E-state index is 0.249. The molecule has 1 aliphatic rings. The van der Waals surface area contributed by atoms with E-state index in [0.717, 1.165) is 29.8 Å². The number of hydrogen-bond acceptors (Lipinski definition) is 6. The lowest BCUT2D eigenvalue weighted by atomic mass is 9.91. The number of likely N-dealkylation sites (tertiary alicyclic amines) is 1. The number of amides is 2. The lowest BCUT2D eigenvalue weighted by Crippen LogP contribution is -2.50. The number of carbonyl (C=O) groups excluding carboxylic acids is 2. The van der Waals surface area contributed by atoms with Gasteiger partial charge in [0.25, 0.3) is 5.91 Å². The van der Waals surface area contributed by atoms with Gasteiger partial charge in [0.2, 0.25) is 5.91 Å². The van der Waals surface area contributed by atoms with Gasteiger partial charge >= 0.3 is 0 Å². The molecule has 8 heteroatoms. The maximum absolute atomic E-state index is 13.3. The van der Waals surface area contributed by atoms with Crippen molar-refractivity contribution < 1.29 is 24.6 Å². The molecule has 1 aliphatic heterocycles. The number of aliphatic hydroxyl groups is 1. The van der Waals surface area contributed by atoms with Gasteiger partial charge in [-0.05, 0) is 68.9 Å². The number of nitrogens with zero attached hydrogens (tertiary/aromatic N) is 1. The van der Waals surface area contributed by atoms with Gasteiger partial charge in [0.15, 0.2) is 0 Å². The van der Waals surface area contributed by atoms with Gasteiger partial charge in [0, 0.05) is 24.8 Å². The summed E-state index contributed by atoms with van der Waals surface area (Å²) >= 11 is 0. The fourth-order valence-corrected chi connectivity index (χ4v) is 4.36. The summed E-state index contributed by atoms with van der Waals surface area (Å²) in [6, 6.07) is 18.0. The third kappa shape index (κ3) is 7.20. The number of hydroxylamine groups is 1. The second-order valence-electron chi connectivity index (χ2n) is 8.61. The first-order valence-corrected chi connectivity index (χ1v) is 12.0. The van der Waals surface area contributed by atoms with Crippen LogP contribution < -0.4 is 15.5 Å². The van der Waals surface area contributed by atoms with E-state index in [1.165, 1.54) is 5.48 Å². The molecule has 0 spiro atoms. The monoisotopic (exact) mass is 469 g/mol. The molecule has 2 aromatic carbocycles. The number of hydrogen-bond donors (Lipinski definition) is 4. The van der Waals surface area contributed by atoms with Gasteiger partial charge in [-0.15, -0.1) is 0 Å². The van der Waals surface area contributed by atoms with Crippen LogP contribution in [0.3, 0.4) is 0 Å². The molecule has 1 heterocycles. The topological polar surface area (TPSA) is 111 Å². The smallest absolute Gasteiger partial charge is 0.272 e. The quantitative estimate of drug-likeness (QED) is 0.297. The highest BCUT2D eigenvalue weighted by Crippen LogP contribution is 2.23. The normalized spacial score (nSPS) is 15.9. The van der Waals surface area contributed by atoms with Crippen LogP contribution in [-0.4, -0.2) is 58.9 Å². The Morgan fingerprint density at radius 3 is 2.38 bits per heavy atom. The molecule has 0 aliphatic carbocycles. The van der Waals surface area contributed by atoms with E-state index >= 15 is 0 Å². The van der Waals surface area contributed by atoms with Crippen LogP contribution in [0.5, 0.6) is 5.75 Å². The van der Waals surface area contributed by atoms with Crippen LogP contribution in [0, 0.1) is 5.92 Å². The summed E-state index contributed by atoms with van der Waals surface area (Å²) in [7, 11) is 0. The Balaban J connectivity index is 1.55. The number of ether oxygens (including phenoxy) is 1. The molecule has 34 heavy (non-hydrogen) atoms. The lowest BCUT2D eigenvalue weighted by molar-refractivity contribution is -0.151. The van der Waals surface area contributed by atoms with Crippen molar-refractivity contribution in [3.63, 3.8) is 0 Å². The van der Waals surface area contributed by atoms with Gasteiger partial charge in [-0.25, -0.2) is 5.48 Å². The molecule has 0 saturated carbocycles. The van der Waals surface area contributed by atoms with Crippen LogP contribution in [0.4, 0.5) is 5.69 Å². The Hall–Kier alpha value is -3.10. The zero-order valence-corrected chi connectivity index (χ0v) is 19.7. The van der Waals surface area contributed by atoms with Crippen molar-refractivity contribution in [2.45, 2.75) is 51.2 Å². The second-order valence-corrected chi connectivity index (χ2v) is 8.61. The first-order valence-electron chi connectivity index (χ1n) is 12.0. The summed E-state index contributed by atoms with van der Waals surface area (Å²) in [4.78, 5) is 26.9. The first-order chi connectivity index (χ1) is 16.5. The van der Waals surface area contributed by atoms with Crippen LogP contribution in [0.1, 0.15) is 38.2 Å². The third-order valence-electron chi connectivity index (χ3n) is 6.24. The number of anilines is 1. The Bertz CT molecular complexity index is 898. The highest BCUT2D eigenvalue weighted by Gasteiger charge is 2.35. The summed E-state index contributed by atoms with van der Waals surface area (Å²) in [5, 5.41) is 22.9. The van der Waals surface area contributed by atoms with Crippen LogP contribution >= 0.6 is 0 Å². The van der Waals surface area contributed by atoms with Gasteiger partial charge in [-0.3, -0.25) is 14.8 Å². The predicted octanol–water partition coefficient (Wildman–Crippen LogP) is 2.99. The molecule has 2 atom stereocenters. The molecule has 8 nitrogen and oxygen atoms in total. The number of aryl methyl sites for hydroxylation is 1. The van der Waals surface area contributed by atoms with Crippen molar-refractivity contribution in [2.75, 3.05) is 25.0 Å². The van der Waals surface area contributed by atoms with E-state index in [-0.39, 0.29) is 11.9 Å². The molecule has 0 aromatic heterocycles. The molecule has 1 fully saturated rings. The Morgan fingerprint density at radius 1 is 1.09 bits per heavy atom. The summed E-state index contributed by atoms with van der Waals surface area (Å²) in [6.45, 7) is 3.63. The van der Waals surface area contributed by atoms with Crippen molar-refractivity contribution in [1.29, 1.82) is 0 Å². The summed E-state index contributed by atoms with van der Waals surface area (Å²) < 4.78 is 5.46. The highest BCUT2D eigenvalue weighted by atomic mass is 16.5. The molecule has 0 unspecified atom stereocenters. The highest BCUT2D eigenvalue weighted by molar-refractivity contribution is 5.88. The fourth-order valence-electron chi connectivity index (χ4n) is 4.36. The Kier molecular flexibility index (Phi) is 9.73. The lowest BCUT2D eigenvalue weighted by Gasteiger charge is -2.35. The van der Waals surface area contributed by atoms with Crippen LogP contribution in [0.15, 0.2) is 54.6 Å². The zero-order chi connectivity index (χ0) is 24.3. The van der Waals surface area contributed by atoms with Gasteiger partial charge in [-0.2, -0.15) is 0 Å². The van der Waals surface area contributed by atoms with E-state index in [2.05, 4.69) is 5.32 Å². The Labute approximate surface area is 200 Å². The number of piperidine rings is 1. The number of nitrogens with one attached hydrogen (secondary N) is 2. The van der Waals surface area contributed by atoms with E-state index in [9.17, 15) is 14.7 Å². The van der Waals surface area contributed by atoms with Gasteiger partial charge in [-0.1, -0.05) is 30.3 Å². The zero-order valence-electron chi connectivity index (χ0n) is 19.7. The number of carbonyl (C=O) groups is 2. The molecule has 1 saturated heterocycles. The average molecular weight is 470 g/mol. The van der Waals surface area contributed by atoms with Crippen LogP contribution in [-0.2, 0) is 16.0 Å². The van der Waals surface area contributed by atoms with Crippen molar-refractivity contribution in [3.05, 3.63) is 60.2 Å². The van der Waals surface area contributed by atoms with Crippen molar-refractivity contribution >= 4 is 17.5 Å². The Morgan fingerprint density at radius 2 is 1.76 bits per heavy atom. The number of para-hydroxylation sites is 1. The van der Waals surface area contributed by atoms with Crippen LogP contribution in [0.25, 0.3) is 0 Å². The van der Waals surface area contributed by atoms with Gasteiger partial charge < -0.3 is 20.1 Å². The second kappa shape index (κ2) is 13.0. The molecule has 3 rings (SSSR count). The van der Waals surface area contributed by atoms with E-state index in [4.69, 9.17) is 9.94 Å². The number of aliphatic hydroxyl groups excluding tert-OH is 1. The van der Waals surface area contributed by atoms with E-state index in [0.29, 0.717) is 39.0 Å². The maximum atomic E-state index is 13.3. The summed E-state index contributed by atoms with van der Waals surface area (Å²) in [5.74, 6) is -1.31. The van der Waals surface area contributed by atoms with E-state index in [1.807, 2.05) is 61.5 Å². The first kappa shape index (κ1) is 25.5. The third-order valence-corrected chi connectivity index (χ3v) is 6.24. The fraction of sp³-hybridized carbons (Fsp3) is 0.462. The molecule has 2 amide bonds. The molecule has 184 valence electrons. The van der Waals surface area contributed by atoms with E-state index < -0.39 is 17.9 Å². The average Bonchev–Trinajstić information content (AvgIpc) is 2.87. The number of benzene rings is 2. The minimum atomic E-state index is -1.60. The molecular weight excluding hydrogens is 434 g/mol. The summed E-state index contributed by atoms with van der Waals surface area (Å²) in [5.41, 5.74) is 3.62. The minimum Gasteiger partial charge on any atom is -0.494 e. The van der Waals surface area contributed by atoms with Gasteiger partial charge in [0.1, 0.15) is 11.9 Å². The SMILES string of the molecule is CCOc1ccc(CCC[C@@H](C(=O)N2CCC(Nc3ccccc3)CC2)[C@H](O)C(=O)NO)cc1. The molecular formula is C26H35N3O5. The molecule has 0 radical (unpaired) electrons. The summed E-state index contributed by atoms with van der Waals surface area (Å²) in [6.07, 6.45) is 1.61. The van der Waals surface area contributed by atoms with Crippen LogP contribution in [0.2, 0.25) is 0 Å². The van der Waals surface area contributed by atoms with E-state index in [1.54, 1.807) is 4.90 Å².